The number of ether oxygens (including phenoxy) is 1. The van der Waals surface area contributed by atoms with Gasteiger partial charge in [0.2, 0.25) is 10.0 Å². The quantitative estimate of drug-likeness (QED) is 0.836. The number of hydrogen-bond donors (Lipinski definition) is 1. The van der Waals surface area contributed by atoms with E-state index < -0.39 is 10.0 Å². The molecule has 0 bridgehead atoms. The van der Waals surface area contributed by atoms with E-state index in [9.17, 15) is 13.2 Å². The number of rotatable bonds is 5. The Morgan fingerprint density at radius 2 is 1.85 bits per heavy atom. The lowest BCUT2D eigenvalue weighted by Crippen LogP contribution is -2.44. The Morgan fingerprint density at radius 3 is 2.56 bits per heavy atom. The van der Waals surface area contributed by atoms with E-state index in [2.05, 4.69) is 4.72 Å². The van der Waals surface area contributed by atoms with Gasteiger partial charge in [-0.15, -0.1) is 0 Å². The van der Waals surface area contributed by atoms with E-state index in [4.69, 9.17) is 4.74 Å². The van der Waals surface area contributed by atoms with Crippen molar-refractivity contribution in [1.82, 2.24) is 9.62 Å². The van der Waals surface area contributed by atoms with Crippen LogP contribution < -0.4 is 9.46 Å². The summed E-state index contributed by atoms with van der Waals surface area (Å²) in [4.78, 5) is 15.0. The number of carbonyl (C=O) groups excluding carboxylic acids is 1. The minimum absolute atomic E-state index is 0.00407. The lowest BCUT2D eigenvalue weighted by molar-refractivity contribution is 0.0520. The highest BCUT2D eigenvalue weighted by atomic mass is 32.2. The molecule has 148 valence electrons. The summed E-state index contributed by atoms with van der Waals surface area (Å²) in [6, 6.07) is 4.73. The van der Waals surface area contributed by atoms with E-state index in [1.54, 1.807) is 12.1 Å². The number of nitrogens with zero attached hydrogens (tertiary/aromatic N) is 1. The summed E-state index contributed by atoms with van der Waals surface area (Å²) >= 11 is 0. The van der Waals surface area contributed by atoms with Crippen LogP contribution in [0.5, 0.6) is 5.75 Å². The fraction of sp³-hybridized carbons (Fsp3) is 0.650. The normalized spacial score (nSPS) is 25.7. The minimum atomic E-state index is -3.69. The van der Waals surface area contributed by atoms with Crippen molar-refractivity contribution in [2.75, 3.05) is 20.2 Å². The highest BCUT2D eigenvalue weighted by Gasteiger charge is 2.34. The fourth-order valence-corrected chi connectivity index (χ4v) is 5.97. The average molecular weight is 393 g/mol. The van der Waals surface area contributed by atoms with Crippen LogP contribution in [-0.2, 0) is 10.0 Å². The van der Waals surface area contributed by atoms with Crippen LogP contribution in [-0.4, -0.2) is 45.5 Å². The van der Waals surface area contributed by atoms with Gasteiger partial charge in [0, 0.05) is 24.7 Å². The number of benzene rings is 1. The SMILES string of the molecule is COc1ccc(C(=O)N2CC[C@@H]3CCCC[C@@H]3C2)cc1S(=O)(=O)NC1CC1. The van der Waals surface area contributed by atoms with Gasteiger partial charge >= 0.3 is 0 Å². The van der Waals surface area contributed by atoms with Crippen molar-refractivity contribution in [3.8, 4) is 5.75 Å². The molecule has 0 spiro atoms. The predicted molar refractivity (Wildman–Crippen MR) is 102 cm³/mol. The largest absolute Gasteiger partial charge is 0.495 e. The number of fused-ring (bicyclic) bond motifs is 1. The van der Waals surface area contributed by atoms with E-state index in [1.165, 1.54) is 38.9 Å². The van der Waals surface area contributed by atoms with Crippen LogP contribution in [0.25, 0.3) is 0 Å². The second-order valence-corrected chi connectivity index (χ2v) is 9.79. The Kier molecular flexibility index (Phi) is 5.16. The van der Waals surface area contributed by atoms with Crippen molar-refractivity contribution in [1.29, 1.82) is 0 Å². The minimum Gasteiger partial charge on any atom is -0.495 e. The number of nitrogens with one attached hydrogen (secondary N) is 1. The molecule has 2 aliphatic carbocycles. The number of piperidine rings is 1. The molecule has 7 heteroatoms. The van der Waals surface area contributed by atoms with Gasteiger partial charge < -0.3 is 9.64 Å². The third-order valence-electron chi connectivity index (χ3n) is 6.18. The molecule has 2 atom stereocenters. The van der Waals surface area contributed by atoms with Crippen LogP contribution in [0.2, 0.25) is 0 Å². The molecule has 1 heterocycles. The first-order valence-corrected chi connectivity index (χ1v) is 11.5. The molecule has 1 aromatic carbocycles. The van der Waals surface area contributed by atoms with Crippen molar-refractivity contribution in [3.05, 3.63) is 23.8 Å². The number of hydrogen-bond acceptors (Lipinski definition) is 4. The Balaban J connectivity index is 1.56. The van der Waals surface area contributed by atoms with Crippen molar-refractivity contribution in [3.63, 3.8) is 0 Å². The van der Waals surface area contributed by atoms with Crippen LogP contribution >= 0.6 is 0 Å². The standard InChI is InChI=1S/C20H28N2O4S/c1-26-18-9-6-15(12-19(18)27(24,25)21-17-7-8-17)20(23)22-11-10-14-4-2-3-5-16(14)13-22/h6,9,12,14,16-17,21H,2-5,7-8,10-11,13H2,1H3/t14-,16+/m0/s1. The third kappa shape index (κ3) is 3.99. The molecular weight excluding hydrogens is 364 g/mol. The number of amides is 1. The molecular formula is C20H28N2O4S. The number of methoxy groups -OCH3 is 1. The molecule has 1 N–H and O–H groups in total. The lowest BCUT2D eigenvalue weighted by Gasteiger charge is -2.41. The maximum atomic E-state index is 13.1. The van der Waals surface area contributed by atoms with Crippen molar-refractivity contribution < 1.29 is 17.9 Å². The van der Waals surface area contributed by atoms with Gasteiger partial charge in [-0.05, 0) is 55.7 Å². The van der Waals surface area contributed by atoms with E-state index >= 15 is 0 Å². The first-order valence-electron chi connectivity index (χ1n) is 9.97. The number of carbonyl (C=O) groups is 1. The molecule has 1 amide bonds. The van der Waals surface area contributed by atoms with E-state index in [1.807, 2.05) is 4.90 Å². The highest BCUT2D eigenvalue weighted by Crippen LogP contribution is 2.37. The average Bonchev–Trinajstić information content (AvgIpc) is 3.49. The molecule has 3 fully saturated rings. The summed E-state index contributed by atoms with van der Waals surface area (Å²) in [5.74, 6) is 1.53. The topological polar surface area (TPSA) is 75.7 Å². The maximum Gasteiger partial charge on any atom is 0.253 e. The van der Waals surface area contributed by atoms with Crippen LogP contribution in [0, 0.1) is 11.8 Å². The Morgan fingerprint density at radius 1 is 1.11 bits per heavy atom. The smallest absolute Gasteiger partial charge is 0.253 e. The van der Waals surface area contributed by atoms with Crippen LogP contribution in [0.1, 0.15) is 55.3 Å². The van der Waals surface area contributed by atoms with Crippen LogP contribution in [0.4, 0.5) is 0 Å². The van der Waals surface area contributed by atoms with Gasteiger partial charge in [0.25, 0.3) is 5.91 Å². The van der Waals surface area contributed by atoms with Gasteiger partial charge in [0.1, 0.15) is 10.6 Å². The summed E-state index contributed by atoms with van der Waals surface area (Å²) in [6.07, 6.45) is 7.81. The van der Waals surface area contributed by atoms with E-state index in [0.29, 0.717) is 11.5 Å². The summed E-state index contributed by atoms with van der Waals surface area (Å²) in [5, 5.41) is 0. The Labute approximate surface area is 161 Å². The van der Waals surface area contributed by atoms with Gasteiger partial charge in [-0.25, -0.2) is 13.1 Å². The molecule has 2 saturated carbocycles. The zero-order chi connectivity index (χ0) is 19.0. The molecule has 0 unspecified atom stereocenters. The Bertz CT molecular complexity index is 819. The molecule has 1 aromatic rings. The first kappa shape index (κ1) is 18.7. The second-order valence-electron chi connectivity index (χ2n) is 8.11. The molecule has 4 rings (SSSR count). The fourth-order valence-electron chi connectivity index (χ4n) is 4.47. The number of likely N-dealkylation sites (tertiary alicyclic amines) is 1. The summed E-state index contributed by atoms with van der Waals surface area (Å²) in [5.41, 5.74) is 0.418. The first-order chi connectivity index (χ1) is 13.0. The molecule has 1 aliphatic heterocycles. The van der Waals surface area contributed by atoms with Gasteiger partial charge in [0.15, 0.2) is 0 Å². The molecule has 0 radical (unpaired) electrons. The maximum absolute atomic E-state index is 13.1. The lowest BCUT2D eigenvalue weighted by atomic mass is 9.75. The Hall–Kier alpha value is -1.60. The monoisotopic (exact) mass is 392 g/mol. The zero-order valence-electron chi connectivity index (χ0n) is 15.8. The van der Waals surface area contributed by atoms with Gasteiger partial charge in [-0.1, -0.05) is 19.3 Å². The molecule has 6 nitrogen and oxygen atoms in total. The van der Waals surface area contributed by atoms with Gasteiger partial charge in [-0.2, -0.15) is 0 Å². The van der Waals surface area contributed by atoms with Crippen molar-refractivity contribution >= 4 is 15.9 Å². The van der Waals surface area contributed by atoms with Crippen molar-refractivity contribution in [2.24, 2.45) is 11.8 Å². The van der Waals surface area contributed by atoms with Crippen LogP contribution in [0.3, 0.4) is 0 Å². The summed E-state index contributed by atoms with van der Waals surface area (Å²) in [6.45, 7) is 1.55. The molecule has 0 aromatic heterocycles. The summed E-state index contributed by atoms with van der Waals surface area (Å²) in [7, 11) is -2.25. The molecule has 1 saturated heterocycles. The van der Waals surface area contributed by atoms with E-state index in [0.717, 1.165) is 38.3 Å². The number of sulfonamides is 1. The third-order valence-corrected chi connectivity index (χ3v) is 7.72. The van der Waals surface area contributed by atoms with Crippen molar-refractivity contribution in [2.45, 2.75) is 55.9 Å². The van der Waals surface area contributed by atoms with Crippen LogP contribution in [0.15, 0.2) is 23.1 Å². The highest BCUT2D eigenvalue weighted by molar-refractivity contribution is 7.89. The molecule has 3 aliphatic rings. The van der Waals surface area contributed by atoms with Gasteiger partial charge in [-0.3, -0.25) is 4.79 Å². The predicted octanol–water partition coefficient (Wildman–Crippen LogP) is 2.79. The molecule has 27 heavy (non-hydrogen) atoms. The second kappa shape index (κ2) is 7.43. The van der Waals surface area contributed by atoms with Gasteiger partial charge in [0.05, 0.1) is 7.11 Å². The summed E-state index contributed by atoms with van der Waals surface area (Å²) < 4.78 is 33.3. The zero-order valence-corrected chi connectivity index (χ0v) is 16.6. The van der Waals surface area contributed by atoms with E-state index in [-0.39, 0.29) is 22.6 Å².